The lowest BCUT2D eigenvalue weighted by molar-refractivity contribution is 0.0181. The quantitative estimate of drug-likeness (QED) is 0.461. The highest BCUT2D eigenvalue weighted by Gasteiger charge is 2.53. The van der Waals surface area contributed by atoms with Crippen molar-refractivity contribution in [1.82, 2.24) is 19.8 Å². The molecule has 6 aliphatic carbocycles. The van der Waals surface area contributed by atoms with Gasteiger partial charge in [0.25, 0.3) is 0 Å². The molecule has 0 spiro atoms. The van der Waals surface area contributed by atoms with Crippen molar-refractivity contribution in [2.24, 2.45) is 22.7 Å². The second-order valence-corrected chi connectivity index (χ2v) is 15.1. The number of pyridine rings is 2. The summed E-state index contributed by atoms with van der Waals surface area (Å²) in [6, 6.07) is 6.28. The Labute approximate surface area is 229 Å². The van der Waals surface area contributed by atoms with Crippen LogP contribution in [0.2, 0.25) is 0 Å². The number of hydrogen-bond donors (Lipinski definition) is 0. The molecule has 2 saturated heterocycles. The molecule has 4 fully saturated rings. The average Bonchev–Trinajstić information content (AvgIpc) is 3.56. The summed E-state index contributed by atoms with van der Waals surface area (Å²) in [6.07, 6.45) is 15.1. The Morgan fingerprint density at radius 2 is 1.16 bits per heavy atom. The first kappa shape index (κ1) is 24.1. The van der Waals surface area contributed by atoms with Crippen LogP contribution >= 0.6 is 0 Å². The Bertz CT molecular complexity index is 1170. The second-order valence-electron chi connectivity index (χ2n) is 15.1. The predicted molar refractivity (Wildman–Crippen MR) is 152 cm³/mol. The van der Waals surface area contributed by atoms with Crippen molar-refractivity contribution in [1.29, 1.82) is 0 Å². The van der Waals surface area contributed by atoms with E-state index < -0.39 is 0 Å². The number of rotatable bonds is 5. The summed E-state index contributed by atoms with van der Waals surface area (Å²) in [6.45, 7) is 14.4. The van der Waals surface area contributed by atoms with Crippen molar-refractivity contribution < 1.29 is 0 Å². The fourth-order valence-electron chi connectivity index (χ4n) is 9.96. The van der Waals surface area contributed by atoms with Crippen molar-refractivity contribution in [2.75, 3.05) is 13.1 Å². The van der Waals surface area contributed by atoms with Gasteiger partial charge in [0.2, 0.25) is 0 Å². The summed E-state index contributed by atoms with van der Waals surface area (Å²) in [7, 11) is 0. The third kappa shape index (κ3) is 3.48. The van der Waals surface area contributed by atoms with Crippen LogP contribution < -0.4 is 0 Å². The van der Waals surface area contributed by atoms with E-state index in [1.807, 2.05) is 0 Å². The van der Waals surface area contributed by atoms with Gasteiger partial charge in [0.05, 0.1) is 11.4 Å². The Morgan fingerprint density at radius 1 is 0.711 bits per heavy atom. The van der Waals surface area contributed by atoms with Crippen LogP contribution in [-0.2, 0) is 25.9 Å². The molecule has 4 heterocycles. The first-order valence-corrected chi connectivity index (χ1v) is 15.7. The molecular formula is C34H46N4. The van der Waals surface area contributed by atoms with E-state index in [0.29, 0.717) is 22.9 Å². The molecule has 2 aliphatic heterocycles. The molecule has 6 atom stereocenters. The highest BCUT2D eigenvalue weighted by molar-refractivity contribution is 5.40. The molecule has 0 N–H and O–H groups in total. The third-order valence-electron chi connectivity index (χ3n) is 12.8. The van der Waals surface area contributed by atoms with Gasteiger partial charge in [-0.1, -0.05) is 27.7 Å². The van der Waals surface area contributed by atoms with E-state index >= 15 is 0 Å². The Hall–Kier alpha value is -1.78. The Balaban J connectivity index is 0.965. The Morgan fingerprint density at radius 3 is 1.58 bits per heavy atom. The summed E-state index contributed by atoms with van der Waals surface area (Å²) in [5, 5.41) is 0. The molecule has 0 amide bonds. The summed E-state index contributed by atoms with van der Waals surface area (Å²) in [4.78, 5) is 15.6. The lowest BCUT2D eigenvalue weighted by Gasteiger charge is -2.57. The van der Waals surface area contributed by atoms with Crippen molar-refractivity contribution in [3.05, 3.63) is 58.2 Å². The first-order chi connectivity index (χ1) is 18.3. The topological polar surface area (TPSA) is 32.3 Å². The van der Waals surface area contributed by atoms with Crippen LogP contribution in [0.4, 0.5) is 0 Å². The van der Waals surface area contributed by atoms with Gasteiger partial charge in [-0.25, -0.2) is 0 Å². The molecule has 10 rings (SSSR count). The fourth-order valence-corrected chi connectivity index (χ4v) is 9.96. The lowest BCUT2D eigenvalue weighted by Crippen LogP contribution is -2.48. The molecule has 2 aromatic heterocycles. The van der Waals surface area contributed by atoms with Crippen LogP contribution in [-0.4, -0.2) is 44.9 Å². The smallest absolute Gasteiger partial charge is 0.0547 e. The largest absolute Gasteiger partial charge is 0.293 e. The number of hydrogen-bond acceptors (Lipinski definition) is 4. The van der Waals surface area contributed by atoms with Crippen molar-refractivity contribution >= 4 is 0 Å². The lowest BCUT2D eigenvalue weighted by atomic mass is 9.48. The van der Waals surface area contributed by atoms with Gasteiger partial charge in [0.15, 0.2) is 0 Å². The minimum atomic E-state index is 0.478. The highest BCUT2D eigenvalue weighted by atomic mass is 15.3. The van der Waals surface area contributed by atoms with Crippen LogP contribution in [0, 0.1) is 22.7 Å². The number of likely N-dealkylation sites (tertiary alicyclic amines) is 2. The van der Waals surface area contributed by atoms with Crippen LogP contribution in [0.25, 0.3) is 0 Å². The van der Waals surface area contributed by atoms with Gasteiger partial charge in [-0.15, -0.1) is 0 Å². The molecule has 2 saturated carbocycles. The zero-order valence-electron chi connectivity index (χ0n) is 24.0. The van der Waals surface area contributed by atoms with Gasteiger partial charge in [0, 0.05) is 37.6 Å². The SMILES string of the molecule is CC1(C)[C@H]2Cc3cc(CN4CCC[C@H]4[C@@H]4CCCN4Cc4cc5c(cn4)[C@@H]4C[C@H](C5)C4(C)C)ncc3[C@@H]1C2. The van der Waals surface area contributed by atoms with Crippen molar-refractivity contribution in [3.8, 4) is 0 Å². The van der Waals surface area contributed by atoms with Crippen molar-refractivity contribution in [2.45, 2.75) is 116 Å². The van der Waals surface area contributed by atoms with E-state index in [4.69, 9.17) is 9.97 Å². The number of nitrogens with zero attached hydrogens (tertiary/aromatic N) is 4. The van der Waals surface area contributed by atoms with E-state index in [0.717, 1.165) is 36.8 Å². The molecule has 8 aliphatic rings. The van der Waals surface area contributed by atoms with Gasteiger partial charge < -0.3 is 0 Å². The monoisotopic (exact) mass is 510 g/mol. The Kier molecular flexibility index (Phi) is 5.29. The van der Waals surface area contributed by atoms with E-state index in [1.54, 1.807) is 22.3 Å². The first-order valence-electron chi connectivity index (χ1n) is 15.7. The molecule has 202 valence electrons. The zero-order chi connectivity index (χ0) is 25.8. The normalized spacial score (nSPS) is 36.3. The van der Waals surface area contributed by atoms with E-state index in [2.05, 4.69) is 62.0 Å². The summed E-state index contributed by atoms with van der Waals surface area (Å²) in [5.74, 6) is 3.21. The maximum atomic E-state index is 5.04. The van der Waals surface area contributed by atoms with Gasteiger partial charge in [-0.2, -0.15) is 0 Å². The zero-order valence-corrected chi connectivity index (χ0v) is 24.0. The van der Waals surface area contributed by atoms with Gasteiger partial charge in [-0.3, -0.25) is 19.8 Å². The molecule has 4 bridgehead atoms. The predicted octanol–water partition coefficient (Wildman–Crippen LogP) is 6.48. The van der Waals surface area contributed by atoms with Crippen LogP contribution in [0.1, 0.15) is 112 Å². The summed E-state index contributed by atoms with van der Waals surface area (Å²) < 4.78 is 0. The minimum absolute atomic E-state index is 0.478. The summed E-state index contributed by atoms with van der Waals surface area (Å²) >= 11 is 0. The van der Waals surface area contributed by atoms with Crippen LogP contribution in [0.3, 0.4) is 0 Å². The molecule has 0 unspecified atom stereocenters. The standard InChI is InChI=1S/C34H46N4/c1-33(2)23-11-21-13-25(35-17-27(21)29(33)15-23)19-37-9-5-7-31(37)32-8-6-10-38(32)20-26-14-22-12-24-16-30(34(24,3)4)28(22)18-36-26/h13-14,17-18,23-24,29-32H,5-12,15-16,19-20H2,1-4H3/t23-,24-,29-,30-,31-,32-/m0/s1. The maximum Gasteiger partial charge on any atom is 0.0547 e. The number of aromatic nitrogens is 2. The molecule has 4 nitrogen and oxygen atoms in total. The molecule has 4 heteroatoms. The molecular weight excluding hydrogens is 464 g/mol. The second kappa shape index (κ2) is 8.36. The minimum Gasteiger partial charge on any atom is -0.293 e. The molecule has 2 aromatic rings. The van der Waals surface area contributed by atoms with Gasteiger partial charge in [-0.05, 0) is 133 Å². The molecule has 38 heavy (non-hydrogen) atoms. The van der Waals surface area contributed by atoms with E-state index in [9.17, 15) is 0 Å². The van der Waals surface area contributed by atoms with Crippen LogP contribution in [0.15, 0.2) is 24.5 Å². The average molecular weight is 511 g/mol. The fraction of sp³-hybridized carbons (Fsp3) is 0.706. The maximum absolute atomic E-state index is 5.04. The van der Waals surface area contributed by atoms with E-state index in [-0.39, 0.29) is 0 Å². The van der Waals surface area contributed by atoms with Crippen molar-refractivity contribution in [3.63, 3.8) is 0 Å². The van der Waals surface area contributed by atoms with Gasteiger partial charge >= 0.3 is 0 Å². The van der Waals surface area contributed by atoms with Crippen LogP contribution in [0.5, 0.6) is 0 Å². The third-order valence-corrected chi connectivity index (χ3v) is 12.8. The van der Waals surface area contributed by atoms with E-state index in [1.165, 1.54) is 75.8 Å². The van der Waals surface area contributed by atoms with Gasteiger partial charge in [0.1, 0.15) is 0 Å². The molecule has 0 radical (unpaired) electrons. The molecule has 0 aromatic carbocycles. The summed E-state index contributed by atoms with van der Waals surface area (Å²) in [5.41, 5.74) is 9.88. The highest BCUT2D eigenvalue weighted by Crippen LogP contribution is 2.63.